The van der Waals surface area contributed by atoms with E-state index >= 15 is 0 Å². The lowest BCUT2D eigenvalue weighted by Gasteiger charge is -2.35. The zero-order valence-corrected chi connectivity index (χ0v) is 20.4. The second-order valence-corrected chi connectivity index (χ2v) is 9.87. The number of carbonyl (C=O) groups excluding carboxylic acids is 1. The molecule has 0 aromatic heterocycles. The highest BCUT2D eigenvalue weighted by Crippen LogP contribution is 2.19. The van der Waals surface area contributed by atoms with Crippen LogP contribution >= 0.6 is 0 Å². The zero-order chi connectivity index (χ0) is 23.8. The molecule has 1 aliphatic heterocycles. The quantitative estimate of drug-likeness (QED) is 0.529. The molecule has 1 N–H and O–H groups in total. The number of nitrogens with zero attached hydrogens (tertiary/aromatic N) is 2. The number of carbonyl (C=O) groups is 1. The molecule has 1 saturated heterocycles. The molecule has 0 atom stereocenters. The molecule has 2 aromatic rings. The van der Waals surface area contributed by atoms with Crippen molar-refractivity contribution < 1.29 is 22.7 Å². The van der Waals surface area contributed by atoms with Crippen molar-refractivity contribution in [3.63, 3.8) is 0 Å². The van der Waals surface area contributed by atoms with Crippen LogP contribution in [0.2, 0.25) is 0 Å². The summed E-state index contributed by atoms with van der Waals surface area (Å²) in [5.41, 5.74) is 2.44. The summed E-state index contributed by atoms with van der Waals surface area (Å²) in [7, 11) is -0.531. The van der Waals surface area contributed by atoms with Crippen LogP contribution in [0.5, 0.6) is 5.75 Å². The van der Waals surface area contributed by atoms with Crippen molar-refractivity contribution in [2.75, 3.05) is 60.1 Å². The first kappa shape index (κ1) is 25.2. The second kappa shape index (κ2) is 11.6. The van der Waals surface area contributed by atoms with Gasteiger partial charge in [-0.1, -0.05) is 18.2 Å². The van der Waals surface area contributed by atoms with Crippen molar-refractivity contribution in [2.24, 2.45) is 0 Å². The number of hydrogen-bond donors (Lipinski definition) is 1. The standard InChI is InChI=1S/C24H33N3O5S/c1-19-4-9-22(33(29,30)25-11-17-31-2)18-23(19)24(28)27-15-13-26(14-16-27)12-10-20-5-7-21(32-3)8-6-20/h4-9,18,25H,10-17H2,1-3H3. The van der Waals surface area contributed by atoms with Gasteiger partial charge in [0.05, 0.1) is 18.6 Å². The number of nitrogens with one attached hydrogen (secondary N) is 1. The van der Waals surface area contributed by atoms with Crippen LogP contribution < -0.4 is 9.46 Å². The van der Waals surface area contributed by atoms with Gasteiger partial charge in [-0.05, 0) is 48.7 Å². The zero-order valence-electron chi connectivity index (χ0n) is 19.5. The molecule has 0 spiro atoms. The molecule has 2 aromatic carbocycles. The largest absolute Gasteiger partial charge is 0.497 e. The van der Waals surface area contributed by atoms with Crippen LogP contribution in [0.4, 0.5) is 0 Å². The Morgan fingerprint density at radius 2 is 1.73 bits per heavy atom. The van der Waals surface area contributed by atoms with Crippen molar-refractivity contribution in [1.29, 1.82) is 0 Å². The minimum atomic E-state index is -3.70. The van der Waals surface area contributed by atoms with Crippen LogP contribution in [-0.4, -0.2) is 84.2 Å². The highest BCUT2D eigenvalue weighted by atomic mass is 32.2. The summed E-state index contributed by atoms with van der Waals surface area (Å²) in [6.45, 7) is 6.01. The number of hydrogen-bond acceptors (Lipinski definition) is 6. The highest BCUT2D eigenvalue weighted by Gasteiger charge is 2.25. The molecule has 0 bridgehead atoms. The summed E-state index contributed by atoms with van der Waals surface area (Å²) in [5.74, 6) is 0.722. The van der Waals surface area contributed by atoms with E-state index in [1.54, 1.807) is 18.1 Å². The van der Waals surface area contributed by atoms with Gasteiger partial charge >= 0.3 is 0 Å². The molecule has 33 heavy (non-hydrogen) atoms. The first-order chi connectivity index (χ1) is 15.8. The number of benzene rings is 2. The minimum absolute atomic E-state index is 0.0886. The molecule has 0 unspecified atom stereocenters. The SMILES string of the molecule is COCCNS(=O)(=O)c1ccc(C)c(C(=O)N2CCN(CCc3ccc(OC)cc3)CC2)c1. The Labute approximate surface area is 196 Å². The molecule has 1 amide bonds. The molecule has 0 radical (unpaired) electrons. The van der Waals surface area contributed by atoms with Crippen molar-refractivity contribution in [3.8, 4) is 5.75 Å². The lowest BCUT2D eigenvalue weighted by Crippen LogP contribution is -2.49. The molecule has 180 valence electrons. The lowest BCUT2D eigenvalue weighted by atomic mass is 10.1. The van der Waals surface area contributed by atoms with Gasteiger partial charge in [0, 0.05) is 51.9 Å². The molecule has 8 nitrogen and oxygen atoms in total. The number of methoxy groups -OCH3 is 2. The van der Waals surface area contributed by atoms with Crippen molar-refractivity contribution >= 4 is 15.9 Å². The predicted octanol–water partition coefficient (Wildman–Crippen LogP) is 1.93. The van der Waals surface area contributed by atoms with E-state index in [-0.39, 0.29) is 24.0 Å². The Bertz CT molecular complexity index is 1030. The van der Waals surface area contributed by atoms with E-state index in [2.05, 4.69) is 21.8 Å². The van der Waals surface area contributed by atoms with Crippen LogP contribution in [0.15, 0.2) is 47.4 Å². The topological polar surface area (TPSA) is 88.2 Å². The van der Waals surface area contributed by atoms with Gasteiger partial charge in [-0.15, -0.1) is 0 Å². The molecule has 1 fully saturated rings. The summed E-state index contributed by atoms with van der Waals surface area (Å²) in [6.07, 6.45) is 0.938. The number of ether oxygens (including phenoxy) is 2. The van der Waals surface area contributed by atoms with E-state index < -0.39 is 10.0 Å². The van der Waals surface area contributed by atoms with Crippen molar-refractivity contribution in [1.82, 2.24) is 14.5 Å². The van der Waals surface area contributed by atoms with Gasteiger partial charge in [0.25, 0.3) is 5.91 Å². The minimum Gasteiger partial charge on any atom is -0.497 e. The van der Waals surface area contributed by atoms with E-state index in [0.717, 1.165) is 37.4 Å². The third-order valence-electron chi connectivity index (χ3n) is 5.88. The molecular formula is C24H33N3O5S. The van der Waals surface area contributed by atoms with Gasteiger partial charge < -0.3 is 14.4 Å². The lowest BCUT2D eigenvalue weighted by molar-refractivity contribution is 0.0637. The van der Waals surface area contributed by atoms with Crippen LogP contribution in [0.1, 0.15) is 21.5 Å². The number of piperazine rings is 1. The van der Waals surface area contributed by atoms with E-state index in [9.17, 15) is 13.2 Å². The van der Waals surface area contributed by atoms with Crippen LogP contribution in [0.25, 0.3) is 0 Å². The number of aryl methyl sites for hydroxylation is 1. The van der Waals surface area contributed by atoms with E-state index in [4.69, 9.17) is 9.47 Å². The smallest absolute Gasteiger partial charge is 0.254 e. The van der Waals surface area contributed by atoms with Crippen molar-refractivity contribution in [2.45, 2.75) is 18.2 Å². The normalized spacial score (nSPS) is 14.9. The molecule has 1 aliphatic rings. The monoisotopic (exact) mass is 475 g/mol. The Morgan fingerprint density at radius 1 is 1.03 bits per heavy atom. The van der Waals surface area contributed by atoms with E-state index in [1.807, 2.05) is 19.1 Å². The molecule has 1 heterocycles. The Kier molecular flexibility index (Phi) is 8.85. The summed E-state index contributed by atoms with van der Waals surface area (Å²) in [4.78, 5) is 17.4. The second-order valence-electron chi connectivity index (χ2n) is 8.10. The fourth-order valence-corrected chi connectivity index (χ4v) is 4.82. The summed E-state index contributed by atoms with van der Waals surface area (Å²) < 4.78 is 37.7. The van der Waals surface area contributed by atoms with Gasteiger partial charge in [0.15, 0.2) is 0 Å². The van der Waals surface area contributed by atoms with Crippen LogP contribution in [0.3, 0.4) is 0 Å². The Hall–Kier alpha value is -2.46. The maximum absolute atomic E-state index is 13.2. The average molecular weight is 476 g/mol. The van der Waals surface area contributed by atoms with Crippen molar-refractivity contribution in [3.05, 3.63) is 59.2 Å². The molecule has 0 saturated carbocycles. The third kappa shape index (κ3) is 6.77. The van der Waals surface area contributed by atoms with Gasteiger partial charge in [0.1, 0.15) is 5.75 Å². The molecule has 9 heteroatoms. The molecule has 0 aliphatic carbocycles. The van der Waals surface area contributed by atoms with Gasteiger partial charge in [-0.3, -0.25) is 9.69 Å². The fourth-order valence-electron chi connectivity index (χ4n) is 3.78. The first-order valence-electron chi connectivity index (χ1n) is 11.1. The summed E-state index contributed by atoms with van der Waals surface area (Å²) in [6, 6.07) is 12.8. The summed E-state index contributed by atoms with van der Waals surface area (Å²) >= 11 is 0. The Morgan fingerprint density at radius 3 is 2.36 bits per heavy atom. The molecular weight excluding hydrogens is 442 g/mol. The fraction of sp³-hybridized carbons (Fsp3) is 0.458. The first-order valence-corrected chi connectivity index (χ1v) is 12.6. The van der Waals surface area contributed by atoms with Crippen LogP contribution in [0, 0.1) is 6.92 Å². The maximum atomic E-state index is 13.2. The predicted molar refractivity (Wildman–Crippen MR) is 127 cm³/mol. The number of rotatable bonds is 10. The Balaban J connectivity index is 1.57. The number of sulfonamides is 1. The summed E-state index contributed by atoms with van der Waals surface area (Å²) in [5, 5.41) is 0. The third-order valence-corrected chi connectivity index (χ3v) is 7.34. The van der Waals surface area contributed by atoms with E-state index in [0.29, 0.717) is 18.7 Å². The van der Waals surface area contributed by atoms with Crippen LogP contribution in [-0.2, 0) is 21.2 Å². The average Bonchev–Trinajstić information content (AvgIpc) is 2.83. The highest BCUT2D eigenvalue weighted by molar-refractivity contribution is 7.89. The molecule has 3 rings (SSSR count). The maximum Gasteiger partial charge on any atom is 0.254 e. The van der Waals surface area contributed by atoms with Gasteiger partial charge in [-0.25, -0.2) is 13.1 Å². The van der Waals surface area contributed by atoms with Gasteiger partial charge in [-0.2, -0.15) is 0 Å². The van der Waals surface area contributed by atoms with Gasteiger partial charge in [0.2, 0.25) is 10.0 Å². The number of amides is 1. The van der Waals surface area contributed by atoms with E-state index in [1.165, 1.54) is 24.8 Å².